The largest absolute Gasteiger partial charge is 0.330 e. The first-order chi connectivity index (χ1) is 8.63. The fourth-order valence-corrected chi connectivity index (χ4v) is 2.01. The molecule has 5 nitrogen and oxygen atoms in total. The molecule has 96 valence electrons. The second-order valence-corrected chi connectivity index (χ2v) is 4.37. The third-order valence-electron chi connectivity index (χ3n) is 3.07. The molecule has 18 heavy (non-hydrogen) atoms. The Hall–Kier alpha value is -1.88. The second-order valence-electron chi connectivity index (χ2n) is 4.37. The molecule has 1 heterocycles. The zero-order valence-electron chi connectivity index (χ0n) is 10.4. The first-order valence-electron chi connectivity index (χ1n) is 5.99. The molecule has 0 saturated carbocycles. The summed E-state index contributed by atoms with van der Waals surface area (Å²) in [4.78, 5) is 27.0. The minimum Gasteiger partial charge on any atom is -0.330 e. The van der Waals surface area contributed by atoms with Crippen LogP contribution in [-0.2, 0) is 0 Å². The molecule has 2 rings (SSSR count). The molecule has 2 amide bonds. The van der Waals surface area contributed by atoms with Crippen molar-refractivity contribution in [3.05, 3.63) is 29.8 Å². The molecule has 1 saturated heterocycles. The predicted octanol–water partition coefficient (Wildman–Crippen LogP) is 1.09. The summed E-state index contributed by atoms with van der Waals surface area (Å²) in [6.45, 7) is 1.71. The maximum Gasteiger partial charge on any atom is 0.324 e. The molecule has 0 spiro atoms. The van der Waals surface area contributed by atoms with Gasteiger partial charge in [0.2, 0.25) is 0 Å². The lowest BCUT2D eigenvalue weighted by molar-refractivity contribution is 0.0985. The van der Waals surface area contributed by atoms with Crippen LogP contribution in [0.15, 0.2) is 24.3 Å². The summed E-state index contributed by atoms with van der Waals surface area (Å²) in [5.74, 6) is 0.0133. The van der Waals surface area contributed by atoms with Crippen LogP contribution < -0.4 is 10.6 Å². The van der Waals surface area contributed by atoms with Gasteiger partial charge in [-0.15, -0.1) is 0 Å². The van der Waals surface area contributed by atoms with Gasteiger partial charge in [-0.3, -0.25) is 9.69 Å². The summed E-state index contributed by atoms with van der Waals surface area (Å²) < 4.78 is 0. The molecular weight excluding hydrogens is 230 g/mol. The maximum atomic E-state index is 11.9. The van der Waals surface area contributed by atoms with Crippen LogP contribution in [0.5, 0.6) is 0 Å². The average molecular weight is 247 g/mol. The number of nitrogens with zero attached hydrogens (tertiary/aromatic N) is 2. The molecule has 0 aromatic heterocycles. The minimum absolute atomic E-state index is 0.0133. The minimum atomic E-state index is -0.0292. The van der Waals surface area contributed by atoms with Crippen molar-refractivity contribution >= 4 is 17.5 Å². The van der Waals surface area contributed by atoms with Crippen molar-refractivity contribution in [2.24, 2.45) is 5.73 Å². The number of carbonyl (C=O) groups excluding carboxylic acids is 2. The first-order valence-corrected chi connectivity index (χ1v) is 5.99. The Kier molecular flexibility index (Phi) is 3.62. The zero-order chi connectivity index (χ0) is 13.1. The van der Waals surface area contributed by atoms with E-state index in [-0.39, 0.29) is 11.8 Å². The highest BCUT2D eigenvalue weighted by atomic mass is 16.2. The number of nitrogens with two attached hydrogens (primary N) is 1. The van der Waals surface area contributed by atoms with Gasteiger partial charge in [-0.2, -0.15) is 0 Å². The van der Waals surface area contributed by atoms with Crippen LogP contribution in [0, 0.1) is 0 Å². The predicted molar refractivity (Wildman–Crippen MR) is 69.8 cm³/mol. The lowest BCUT2D eigenvalue weighted by atomic mass is 10.1. The fraction of sp³-hybridized carbons (Fsp3) is 0.385. The number of carbonyl (C=O) groups is 2. The molecule has 0 atom stereocenters. The number of ketones is 1. The van der Waals surface area contributed by atoms with Gasteiger partial charge < -0.3 is 10.6 Å². The van der Waals surface area contributed by atoms with Crippen LogP contribution in [0.25, 0.3) is 0 Å². The quantitative estimate of drug-likeness (QED) is 0.810. The summed E-state index contributed by atoms with van der Waals surface area (Å²) in [6, 6.07) is 7.13. The summed E-state index contributed by atoms with van der Waals surface area (Å²) in [6.07, 6.45) is 0.331. The smallest absolute Gasteiger partial charge is 0.324 e. The van der Waals surface area contributed by atoms with Crippen LogP contribution in [0.3, 0.4) is 0 Å². The Balaban J connectivity index is 2.22. The van der Waals surface area contributed by atoms with Gasteiger partial charge in [0.05, 0.1) is 0 Å². The summed E-state index contributed by atoms with van der Waals surface area (Å²) in [5.41, 5.74) is 6.76. The number of urea groups is 1. The highest BCUT2D eigenvalue weighted by Crippen LogP contribution is 2.21. The van der Waals surface area contributed by atoms with E-state index in [0.717, 1.165) is 5.69 Å². The van der Waals surface area contributed by atoms with E-state index in [2.05, 4.69) is 0 Å². The number of hydrogen-bond donors (Lipinski definition) is 1. The van der Waals surface area contributed by atoms with E-state index in [0.29, 0.717) is 31.6 Å². The molecule has 0 aliphatic carbocycles. The van der Waals surface area contributed by atoms with Crippen molar-refractivity contribution in [1.29, 1.82) is 0 Å². The molecule has 1 aromatic rings. The zero-order valence-corrected chi connectivity index (χ0v) is 10.4. The summed E-state index contributed by atoms with van der Waals surface area (Å²) in [7, 11) is 1.77. The fourth-order valence-electron chi connectivity index (χ4n) is 2.01. The second kappa shape index (κ2) is 5.18. The van der Waals surface area contributed by atoms with E-state index < -0.39 is 0 Å². The number of hydrogen-bond acceptors (Lipinski definition) is 3. The van der Waals surface area contributed by atoms with Gasteiger partial charge in [0, 0.05) is 37.8 Å². The van der Waals surface area contributed by atoms with Gasteiger partial charge >= 0.3 is 6.03 Å². The monoisotopic (exact) mass is 247 g/mol. The Morgan fingerprint density at radius 3 is 2.78 bits per heavy atom. The van der Waals surface area contributed by atoms with Crippen molar-refractivity contribution in [3.8, 4) is 0 Å². The summed E-state index contributed by atoms with van der Waals surface area (Å²) >= 11 is 0. The SMILES string of the molecule is CN1CCN(c2cccc(C(=O)CCN)c2)C1=O. The van der Waals surface area contributed by atoms with Crippen molar-refractivity contribution < 1.29 is 9.59 Å². The number of amides is 2. The Labute approximate surface area is 106 Å². The molecular formula is C13H17N3O2. The number of rotatable bonds is 4. The average Bonchev–Trinajstić information content (AvgIpc) is 2.71. The molecule has 0 radical (unpaired) electrons. The van der Waals surface area contributed by atoms with Crippen LogP contribution in [0.1, 0.15) is 16.8 Å². The van der Waals surface area contributed by atoms with Crippen molar-refractivity contribution in [3.63, 3.8) is 0 Å². The molecule has 0 unspecified atom stereocenters. The van der Waals surface area contributed by atoms with E-state index in [4.69, 9.17) is 5.73 Å². The number of anilines is 1. The van der Waals surface area contributed by atoms with Gasteiger partial charge in [-0.05, 0) is 18.7 Å². The van der Waals surface area contributed by atoms with Gasteiger partial charge in [0.15, 0.2) is 5.78 Å². The molecule has 0 bridgehead atoms. The van der Waals surface area contributed by atoms with Crippen LogP contribution in [0.4, 0.5) is 10.5 Å². The highest BCUT2D eigenvalue weighted by molar-refractivity contribution is 5.99. The molecule has 1 fully saturated rings. The van der Waals surface area contributed by atoms with Crippen LogP contribution in [0.2, 0.25) is 0 Å². The molecule has 5 heteroatoms. The third-order valence-corrected chi connectivity index (χ3v) is 3.07. The Morgan fingerprint density at radius 1 is 1.39 bits per heavy atom. The Bertz CT molecular complexity index is 473. The van der Waals surface area contributed by atoms with Crippen molar-refractivity contribution in [1.82, 2.24) is 4.90 Å². The van der Waals surface area contributed by atoms with E-state index in [1.165, 1.54) is 0 Å². The lowest BCUT2D eigenvalue weighted by Crippen LogP contribution is -2.29. The van der Waals surface area contributed by atoms with Gasteiger partial charge in [0.25, 0.3) is 0 Å². The van der Waals surface area contributed by atoms with E-state index in [9.17, 15) is 9.59 Å². The molecule has 1 aromatic carbocycles. The molecule has 2 N–H and O–H groups in total. The van der Waals surface area contributed by atoms with Gasteiger partial charge in [-0.1, -0.05) is 12.1 Å². The van der Waals surface area contributed by atoms with Crippen LogP contribution >= 0.6 is 0 Å². The van der Waals surface area contributed by atoms with E-state index >= 15 is 0 Å². The lowest BCUT2D eigenvalue weighted by Gasteiger charge is -2.16. The number of likely N-dealkylation sites (N-methyl/N-ethyl adjacent to an activating group) is 1. The van der Waals surface area contributed by atoms with Crippen LogP contribution in [-0.4, -0.2) is 43.4 Å². The Morgan fingerprint density at radius 2 is 2.17 bits per heavy atom. The standard InChI is InChI=1S/C13H17N3O2/c1-15-7-8-16(13(15)18)11-4-2-3-10(9-11)12(17)5-6-14/h2-4,9H,5-8,14H2,1H3. The molecule has 1 aliphatic rings. The normalized spacial score (nSPS) is 15.3. The van der Waals surface area contributed by atoms with Gasteiger partial charge in [0.1, 0.15) is 0 Å². The maximum absolute atomic E-state index is 11.9. The summed E-state index contributed by atoms with van der Waals surface area (Å²) in [5, 5.41) is 0. The van der Waals surface area contributed by atoms with Crippen molar-refractivity contribution in [2.75, 3.05) is 31.6 Å². The van der Waals surface area contributed by atoms with E-state index in [1.807, 2.05) is 6.07 Å². The van der Waals surface area contributed by atoms with Crippen molar-refractivity contribution in [2.45, 2.75) is 6.42 Å². The number of benzene rings is 1. The topological polar surface area (TPSA) is 66.6 Å². The van der Waals surface area contributed by atoms with Gasteiger partial charge in [-0.25, -0.2) is 4.79 Å². The first kappa shape index (κ1) is 12.6. The highest BCUT2D eigenvalue weighted by Gasteiger charge is 2.26. The molecule has 1 aliphatic heterocycles. The van der Waals surface area contributed by atoms with E-state index in [1.54, 1.807) is 35.0 Å². The third kappa shape index (κ3) is 2.36. The number of Topliss-reactive ketones (excluding diaryl/α,β-unsaturated/α-hetero) is 1.